The fourth-order valence-electron chi connectivity index (χ4n) is 1.45. The van der Waals surface area contributed by atoms with Crippen molar-refractivity contribution in [1.82, 2.24) is 15.0 Å². The van der Waals surface area contributed by atoms with Crippen LogP contribution in [-0.4, -0.2) is 26.9 Å². The van der Waals surface area contributed by atoms with Gasteiger partial charge in [-0.3, -0.25) is 0 Å². The zero-order chi connectivity index (χ0) is 12.8. The summed E-state index contributed by atoms with van der Waals surface area (Å²) >= 11 is 3.35. The third-order valence-corrected chi connectivity index (χ3v) is 2.74. The Morgan fingerprint density at radius 2 is 2.06 bits per heavy atom. The smallest absolute Gasteiger partial charge is 0.123 e. The van der Waals surface area contributed by atoms with Gasteiger partial charge in [0.05, 0.1) is 12.2 Å². The number of benzene rings is 1. The molecule has 0 saturated heterocycles. The molecule has 0 bridgehead atoms. The van der Waals surface area contributed by atoms with E-state index in [9.17, 15) is 4.39 Å². The molecule has 0 unspecified atom stereocenters. The minimum Gasteiger partial charge on any atom is -0.492 e. The number of hydrogen-bond acceptors (Lipinski definition) is 3. The van der Waals surface area contributed by atoms with Gasteiger partial charge in [-0.1, -0.05) is 21.1 Å². The lowest BCUT2D eigenvalue weighted by molar-refractivity contribution is 0.289. The van der Waals surface area contributed by atoms with E-state index in [1.54, 1.807) is 16.8 Å². The minimum absolute atomic E-state index is 0.266. The van der Waals surface area contributed by atoms with Crippen LogP contribution in [-0.2, 0) is 13.0 Å². The maximum Gasteiger partial charge on any atom is 0.123 e. The molecule has 2 aromatic rings. The zero-order valence-electron chi connectivity index (χ0n) is 9.72. The summed E-state index contributed by atoms with van der Waals surface area (Å²) in [6.45, 7) is 1.09. The number of halogens is 2. The van der Waals surface area contributed by atoms with Crippen LogP contribution in [0, 0.1) is 5.82 Å². The normalized spacial score (nSPS) is 10.6. The number of alkyl halides is 1. The highest BCUT2D eigenvalue weighted by Crippen LogP contribution is 2.10. The van der Waals surface area contributed by atoms with Crippen molar-refractivity contribution in [3.63, 3.8) is 0 Å². The first-order chi connectivity index (χ1) is 8.78. The van der Waals surface area contributed by atoms with E-state index in [0.29, 0.717) is 18.9 Å². The second kappa shape index (κ2) is 6.49. The molecular weight excluding hydrogens is 301 g/mol. The Hall–Kier alpha value is -1.43. The minimum atomic E-state index is -0.266. The summed E-state index contributed by atoms with van der Waals surface area (Å²) in [5.74, 6) is 0.384. The molecule has 96 valence electrons. The Labute approximate surface area is 113 Å². The molecule has 2 rings (SSSR count). The highest BCUT2D eigenvalue weighted by Gasteiger charge is 2.00. The summed E-state index contributed by atoms with van der Waals surface area (Å²) in [5.41, 5.74) is 0.952. The van der Waals surface area contributed by atoms with Crippen LogP contribution in [0.25, 0.3) is 0 Å². The van der Waals surface area contributed by atoms with Crippen LogP contribution < -0.4 is 4.74 Å². The molecule has 1 heterocycles. The van der Waals surface area contributed by atoms with Gasteiger partial charge >= 0.3 is 0 Å². The van der Waals surface area contributed by atoms with Gasteiger partial charge in [0.25, 0.3) is 0 Å². The van der Waals surface area contributed by atoms with Crippen LogP contribution >= 0.6 is 15.9 Å². The molecule has 0 N–H and O–H groups in total. The lowest BCUT2D eigenvalue weighted by atomic mass is 10.3. The number of hydrogen-bond donors (Lipinski definition) is 0. The van der Waals surface area contributed by atoms with E-state index in [2.05, 4.69) is 26.2 Å². The number of aromatic nitrogens is 3. The number of ether oxygens (including phenoxy) is 1. The zero-order valence-corrected chi connectivity index (χ0v) is 11.3. The van der Waals surface area contributed by atoms with Crippen molar-refractivity contribution in [3.05, 3.63) is 42.0 Å². The Kier molecular flexibility index (Phi) is 4.69. The lowest BCUT2D eigenvalue weighted by Crippen LogP contribution is -2.08. The summed E-state index contributed by atoms with van der Waals surface area (Å²) in [4.78, 5) is 0. The molecule has 1 aromatic heterocycles. The number of nitrogens with zero attached hydrogens (tertiary/aromatic N) is 3. The van der Waals surface area contributed by atoms with Gasteiger partial charge < -0.3 is 4.74 Å². The molecule has 18 heavy (non-hydrogen) atoms. The maximum atomic E-state index is 12.7. The van der Waals surface area contributed by atoms with Gasteiger partial charge in [-0.2, -0.15) is 0 Å². The van der Waals surface area contributed by atoms with Crippen molar-refractivity contribution >= 4 is 15.9 Å². The molecule has 1 aromatic carbocycles. The molecule has 0 radical (unpaired) electrons. The molecule has 0 saturated carbocycles. The average molecular weight is 314 g/mol. The predicted molar refractivity (Wildman–Crippen MR) is 69.4 cm³/mol. The SMILES string of the molecule is Fc1ccc(OCCn2cc(CCBr)nn2)cc1. The van der Waals surface area contributed by atoms with Crippen LogP contribution in [0.1, 0.15) is 5.69 Å². The molecule has 0 aliphatic heterocycles. The lowest BCUT2D eigenvalue weighted by Gasteiger charge is -2.05. The van der Waals surface area contributed by atoms with Crippen molar-refractivity contribution in [2.24, 2.45) is 0 Å². The number of rotatable bonds is 6. The Balaban J connectivity index is 1.79. The van der Waals surface area contributed by atoms with Crippen molar-refractivity contribution in [2.45, 2.75) is 13.0 Å². The topological polar surface area (TPSA) is 39.9 Å². The maximum absolute atomic E-state index is 12.7. The van der Waals surface area contributed by atoms with Gasteiger partial charge in [0, 0.05) is 17.9 Å². The van der Waals surface area contributed by atoms with Gasteiger partial charge in [0.2, 0.25) is 0 Å². The van der Waals surface area contributed by atoms with Gasteiger partial charge in [0.1, 0.15) is 18.2 Å². The van der Waals surface area contributed by atoms with Crippen molar-refractivity contribution < 1.29 is 9.13 Å². The first kappa shape index (κ1) is 13.0. The molecule has 4 nitrogen and oxygen atoms in total. The first-order valence-corrected chi connectivity index (χ1v) is 6.73. The van der Waals surface area contributed by atoms with E-state index in [4.69, 9.17) is 4.74 Å². The van der Waals surface area contributed by atoms with Crippen molar-refractivity contribution in [1.29, 1.82) is 0 Å². The van der Waals surface area contributed by atoms with E-state index >= 15 is 0 Å². The summed E-state index contributed by atoms with van der Waals surface area (Å²) in [7, 11) is 0. The first-order valence-electron chi connectivity index (χ1n) is 5.61. The van der Waals surface area contributed by atoms with E-state index < -0.39 is 0 Å². The summed E-state index contributed by atoms with van der Waals surface area (Å²) in [5, 5.41) is 8.88. The molecule has 0 aliphatic carbocycles. The van der Waals surface area contributed by atoms with Gasteiger partial charge in [-0.25, -0.2) is 9.07 Å². The fraction of sp³-hybridized carbons (Fsp3) is 0.333. The average Bonchev–Trinajstić information content (AvgIpc) is 2.80. The number of aryl methyl sites for hydroxylation is 1. The van der Waals surface area contributed by atoms with Crippen molar-refractivity contribution in [2.75, 3.05) is 11.9 Å². The van der Waals surface area contributed by atoms with Gasteiger partial charge in [0.15, 0.2) is 0 Å². The highest BCUT2D eigenvalue weighted by atomic mass is 79.9. The van der Waals surface area contributed by atoms with Crippen molar-refractivity contribution in [3.8, 4) is 5.75 Å². The summed E-state index contributed by atoms with van der Waals surface area (Å²) in [6.07, 6.45) is 2.76. The van der Waals surface area contributed by atoms with Crippen LogP contribution in [0.2, 0.25) is 0 Å². The Morgan fingerprint density at radius 3 is 2.78 bits per heavy atom. The van der Waals surface area contributed by atoms with Crippen LogP contribution in [0.4, 0.5) is 4.39 Å². The molecule has 6 heteroatoms. The highest BCUT2D eigenvalue weighted by molar-refractivity contribution is 9.09. The quantitative estimate of drug-likeness (QED) is 0.769. The monoisotopic (exact) mass is 313 g/mol. The van der Waals surface area contributed by atoms with Gasteiger partial charge in [-0.05, 0) is 24.3 Å². The summed E-state index contributed by atoms with van der Waals surface area (Å²) < 4.78 is 19.9. The van der Waals surface area contributed by atoms with Crippen LogP contribution in [0.15, 0.2) is 30.5 Å². The second-order valence-electron chi connectivity index (χ2n) is 3.71. The second-order valence-corrected chi connectivity index (χ2v) is 4.51. The molecule has 0 atom stereocenters. The molecule has 0 fully saturated rings. The fourth-order valence-corrected chi connectivity index (χ4v) is 1.85. The predicted octanol–water partition coefficient (Wildman–Crippen LogP) is 2.43. The molecule has 0 aliphatic rings. The Bertz CT molecular complexity index is 486. The molecule has 0 spiro atoms. The van der Waals surface area contributed by atoms with E-state index in [1.807, 2.05) is 6.20 Å². The summed E-state index contributed by atoms with van der Waals surface area (Å²) in [6, 6.07) is 5.96. The standard InChI is InChI=1S/C12H13BrFN3O/c13-6-5-11-9-17(16-15-11)7-8-18-12-3-1-10(14)2-4-12/h1-4,9H,5-8H2. The Morgan fingerprint density at radius 1 is 1.28 bits per heavy atom. The largest absolute Gasteiger partial charge is 0.492 e. The van der Waals surface area contributed by atoms with E-state index in [0.717, 1.165) is 17.4 Å². The molecule has 0 amide bonds. The van der Waals surface area contributed by atoms with Crippen LogP contribution in [0.5, 0.6) is 5.75 Å². The third kappa shape index (κ3) is 3.80. The molecular formula is C12H13BrFN3O. The van der Waals surface area contributed by atoms with E-state index in [-0.39, 0.29) is 5.82 Å². The van der Waals surface area contributed by atoms with Gasteiger partial charge in [-0.15, -0.1) is 5.10 Å². The van der Waals surface area contributed by atoms with Crippen LogP contribution in [0.3, 0.4) is 0 Å². The third-order valence-electron chi connectivity index (χ3n) is 2.34. The van der Waals surface area contributed by atoms with E-state index in [1.165, 1.54) is 12.1 Å².